The Kier molecular flexibility index (Phi) is 8.24. The number of aromatic nitrogens is 2. The number of ether oxygens (including phenoxy) is 1. The van der Waals surface area contributed by atoms with Crippen LogP contribution in [-0.2, 0) is 14.8 Å². The molecule has 12 nitrogen and oxygen atoms in total. The van der Waals surface area contributed by atoms with E-state index in [9.17, 15) is 22.4 Å². The van der Waals surface area contributed by atoms with Crippen molar-refractivity contribution in [3.8, 4) is 39.7 Å². The zero-order valence-electron chi connectivity index (χ0n) is 26.6. The second kappa shape index (κ2) is 12.6. The molecule has 7 rings (SSSR count). The van der Waals surface area contributed by atoms with E-state index in [1.54, 1.807) is 41.0 Å². The number of fused-ring (bicyclic) bond motifs is 6. The summed E-state index contributed by atoms with van der Waals surface area (Å²) in [6.07, 6.45) is -0.752. The van der Waals surface area contributed by atoms with Crippen LogP contribution in [0.4, 0.5) is 14.5 Å². The Hall–Kier alpha value is -5.80. The number of hydrogen-bond acceptors (Lipinski definition) is 8. The Bertz CT molecular complexity index is 2440. The molecular weight excluding hydrogens is 672 g/mol. The van der Waals surface area contributed by atoms with Gasteiger partial charge in [0.2, 0.25) is 10.0 Å². The number of furan rings is 1. The SMILES string of the molecule is CCS(=O)(=O)Nc1cc2oc(-c3ccc(F)cc3)c(C(=O)NC)c2cc1-c1ccc2c(n1)-c1cc3c(F)cccc3n1C(CNCC(=O)O)O2. The van der Waals surface area contributed by atoms with Gasteiger partial charge in [-0.3, -0.25) is 14.3 Å². The van der Waals surface area contributed by atoms with Crippen molar-refractivity contribution in [3.05, 3.63) is 90.0 Å². The maximum Gasteiger partial charge on any atom is 0.317 e. The lowest BCUT2D eigenvalue weighted by atomic mass is 10.0. The first-order valence-corrected chi connectivity index (χ1v) is 17.1. The number of aliphatic carboxylic acids is 1. The first kappa shape index (κ1) is 32.7. The number of nitrogens with one attached hydrogen (secondary N) is 3. The molecule has 3 aromatic carbocycles. The number of carbonyl (C=O) groups excluding carboxylic acids is 1. The molecule has 0 fully saturated rings. The van der Waals surface area contributed by atoms with Gasteiger partial charge >= 0.3 is 5.97 Å². The van der Waals surface area contributed by atoms with E-state index in [1.165, 1.54) is 50.4 Å². The van der Waals surface area contributed by atoms with Crippen LogP contribution in [0, 0.1) is 11.6 Å². The van der Waals surface area contributed by atoms with E-state index in [0.29, 0.717) is 44.6 Å². The summed E-state index contributed by atoms with van der Waals surface area (Å²) in [4.78, 5) is 29.4. The largest absolute Gasteiger partial charge is 0.480 e. The van der Waals surface area contributed by atoms with Crippen molar-refractivity contribution in [3.63, 3.8) is 0 Å². The highest BCUT2D eigenvalue weighted by Gasteiger charge is 2.31. The molecule has 0 spiro atoms. The predicted molar refractivity (Wildman–Crippen MR) is 182 cm³/mol. The number of carbonyl (C=O) groups is 2. The topological polar surface area (TPSA) is 165 Å². The molecule has 4 heterocycles. The molecule has 50 heavy (non-hydrogen) atoms. The number of amides is 1. The Balaban J connectivity index is 1.43. The third-order valence-electron chi connectivity index (χ3n) is 8.39. The maximum absolute atomic E-state index is 15.1. The van der Waals surface area contributed by atoms with Gasteiger partial charge in [0, 0.05) is 35.0 Å². The van der Waals surface area contributed by atoms with Gasteiger partial charge in [0.15, 0.2) is 6.23 Å². The fourth-order valence-corrected chi connectivity index (χ4v) is 6.70. The van der Waals surface area contributed by atoms with Crippen LogP contribution in [0.15, 0.2) is 77.2 Å². The van der Waals surface area contributed by atoms with Crippen molar-refractivity contribution in [2.45, 2.75) is 13.2 Å². The fraction of sp³-hybridized carbons (Fsp3) is 0.171. The van der Waals surface area contributed by atoms with Crippen molar-refractivity contribution in [1.82, 2.24) is 20.2 Å². The van der Waals surface area contributed by atoms with Gasteiger partial charge in [-0.15, -0.1) is 0 Å². The summed E-state index contributed by atoms with van der Waals surface area (Å²) in [5.74, 6) is -2.24. The number of carboxylic acid groups (broad SMARTS) is 1. The minimum atomic E-state index is -3.82. The summed E-state index contributed by atoms with van der Waals surface area (Å²) < 4.78 is 71.4. The molecule has 1 amide bonds. The van der Waals surface area contributed by atoms with Crippen LogP contribution in [0.25, 0.3) is 55.8 Å². The molecule has 1 aliphatic heterocycles. The molecule has 1 unspecified atom stereocenters. The molecule has 0 saturated carbocycles. The van der Waals surface area contributed by atoms with E-state index < -0.39 is 39.8 Å². The summed E-state index contributed by atoms with van der Waals surface area (Å²) in [5, 5.41) is 15.2. The molecule has 256 valence electrons. The fourth-order valence-electron chi connectivity index (χ4n) is 6.05. The van der Waals surface area contributed by atoms with Crippen molar-refractivity contribution in [2.24, 2.45) is 0 Å². The second-order valence-electron chi connectivity index (χ2n) is 11.5. The lowest BCUT2D eigenvalue weighted by molar-refractivity contribution is -0.136. The van der Waals surface area contributed by atoms with E-state index in [4.69, 9.17) is 19.2 Å². The first-order chi connectivity index (χ1) is 24.0. The van der Waals surface area contributed by atoms with Crippen LogP contribution in [-0.4, -0.2) is 60.8 Å². The second-order valence-corrected chi connectivity index (χ2v) is 13.5. The van der Waals surface area contributed by atoms with Crippen LogP contribution in [0.5, 0.6) is 5.75 Å². The zero-order valence-corrected chi connectivity index (χ0v) is 27.4. The van der Waals surface area contributed by atoms with Crippen LogP contribution in [0.3, 0.4) is 0 Å². The summed E-state index contributed by atoms with van der Waals surface area (Å²) >= 11 is 0. The Morgan fingerprint density at radius 1 is 1.02 bits per heavy atom. The van der Waals surface area contributed by atoms with Crippen molar-refractivity contribution < 1.29 is 41.0 Å². The summed E-state index contributed by atoms with van der Waals surface area (Å²) in [6, 6.07) is 18.0. The smallest absolute Gasteiger partial charge is 0.317 e. The number of rotatable bonds is 10. The highest BCUT2D eigenvalue weighted by Crippen LogP contribution is 2.44. The molecule has 1 aliphatic rings. The number of pyridine rings is 1. The quantitative estimate of drug-likeness (QED) is 0.139. The summed E-state index contributed by atoms with van der Waals surface area (Å²) in [7, 11) is -2.37. The van der Waals surface area contributed by atoms with Crippen molar-refractivity contribution in [1.29, 1.82) is 0 Å². The Morgan fingerprint density at radius 3 is 2.52 bits per heavy atom. The van der Waals surface area contributed by atoms with Gasteiger partial charge in [0.25, 0.3) is 5.91 Å². The van der Waals surface area contributed by atoms with Crippen LogP contribution in [0.1, 0.15) is 23.5 Å². The van der Waals surface area contributed by atoms with Crippen LogP contribution >= 0.6 is 0 Å². The zero-order chi connectivity index (χ0) is 35.3. The minimum absolute atomic E-state index is 0.0829. The third-order valence-corrected chi connectivity index (χ3v) is 9.68. The van der Waals surface area contributed by atoms with Gasteiger partial charge in [-0.25, -0.2) is 22.2 Å². The number of benzene rings is 3. The molecule has 0 radical (unpaired) electrons. The van der Waals surface area contributed by atoms with E-state index in [2.05, 4.69) is 15.4 Å². The van der Waals surface area contributed by atoms with Gasteiger partial charge in [-0.1, -0.05) is 6.07 Å². The van der Waals surface area contributed by atoms with Gasteiger partial charge in [-0.05, 0) is 67.6 Å². The van der Waals surface area contributed by atoms with E-state index in [0.717, 1.165) is 0 Å². The molecule has 3 aromatic heterocycles. The van der Waals surface area contributed by atoms with Crippen LogP contribution < -0.4 is 20.1 Å². The normalized spacial score (nSPS) is 13.9. The molecule has 4 N–H and O–H groups in total. The highest BCUT2D eigenvalue weighted by atomic mass is 32.2. The molecule has 15 heteroatoms. The van der Waals surface area contributed by atoms with E-state index >= 15 is 4.39 Å². The Morgan fingerprint density at radius 2 is 1.80 bits per heavy atom. The maximum atomic E-state index is 15.1. The van der Waals surface area contributed by atoms with Gasteiger partial charge in [0.05, 0.1) is 47.0 Å². The van der Waals surface area contributed by atoms with Crippen molar-refractivity contribution in [2.75, 3.05) is 30.6 Å². The summed E-state index contributed by atoms with van der Waals surface area (Å²) in [5.41, 5.74) is 2.78. The lowest BCUT2D eigenvalue weighted by Gasteiger charge is -2.29. The van der Waals surface area contributed by atoms with E-state index in [1.807, 2.05) is 0 Å². The predicted octanol–water partition coefficient (Wildman–Crippen LogP) is 5.75. The monoisotopic (exact) mass is 701 g/mol. The molecule has 0 bridgehead atoms. The molecule has 0 aliphatic carbocycles. The third kappa shape index (κ3) is 5.79. The van der Waals surface area contributed by atoms with Crippen molar-refractivity contribution >= 4 is 49.5 Å². The van der Waals surface area contributed by atoms with Gasteiger partial charge in [-0.2, -0.15) is 0 Å². The molecular formula is C35H29F2N5O7S. The van der Waals surface area contributed by atoms with Gasteiger partial charge < -0.3 is 29.5 Å². The highest BCUT2D eigenvalue weighted by molar-refractivity contribution is 7.92. The lowest BCUT2D eigenvalue weighted by Crippen LogP contribution is -2.34. The summed E-state index contributed by atoms with van der Waals surface area (Å²) in [6.45, 7) is 1.25. The average Bonchev–Trinajstić information content (AvgIpc) is 3.67. The number of hydrogen-bond donors (Lipinski definition) is 4. The number of halogens is 2. The average molecular weight is 702 g/mol. The number of anilines is 1. The first-order valence-electron chi connectivity index (χ1n) is 15.5. The van der Waals surface area contributed by atoms with E-state index in [-0.39, 0.29) is 47.1 Å². The number of sulfonamides is 1. The van der Waals surface area contributed by atoms with Gasteiger partial charge in [0.1, 0.15) is 34.4 Å². The number of nitrogens with zero attached hydrogens (tertiary/aromatic N) is 2. The van der Waals surface area contributed by atoms with Crippen LogP contribution in [0.2, 0.25) is 0 Å². The Labute approximate surface area is 283 Å². The molecule has 6 aromatic rings. The standard InChI is InChI=1S/C35H29F2N5O7S/c1-3-50(46,47)41-25-15-29-22(32(35(45)38-2)34(49-29)18-7-9-19(36)10-8-18)13-21(25)24-11-12-28-33(40-24)27-14-20-23(37)5-4-6-26(20)42(27)30(48-28)16-39-17-31(43)44/h4-15,30,39,41H,3,16-17H2,1-2H3,(H,38,45)(H,43,44). The minimum Gasteiger partial charge on any atom is -0.480 e. The molecule has 0 saturated heterocycles. The number of carboxylic acids is 1. The molecule has 1 atom stereocenters.